The van der Waals surface area contributed by atoms with Gasteiger partial charge in [-0.25, -0.2) is 4.98 Å². The SMILES string of the molecule is CCCCN(CCO)C(=O)c1ccc(NCC)nc1. The van der Waals surface area contributed by atoms with Crippen LogP contribution in [0, 0.1) is 0 Å². The van der Waals surface area contributed by atoms with E-state index in [9.17, 15) is 4.79 Å². The molecule has 0 aromatic carbocycles. The summed E-state index contributed by atoms with van der Waals surface area (Å²) < 4.78 is 0. The molecule has 0 spiro atoms. The summed E-state index contributed by atoms with van der Waals surface area (Å²) in [5, 5.41) is 12.1. The van der Waals surface area contributed by atoms with Gasteiger partial charge in [0, 0.05) is 25.8 Å². The number of carbonyl (C=O) groups is 1. The predicted octanol–water partition coefficient (Wildman–Crippen LogP) is 1.75. The minimum Gasteiger partial charge on any atom is -0.395 e. The van der Waals surface area contributed by atoms with Gasteiger partial charge in [0.1, 0.15) is 5.82 Å². The molecule has 1 aromatic heterocycles. The van der Waals surface area contributed by atoms with E-state index in [0.29, 0.717) is 18.7 Å². The maximum atomic E-state index is 12.3. The lowest BCUT2D eigenvalue weighted by Crippen LogP contribution is -2.34. The van der Waals surface area contributed by atoms with Gasteiger partial charge < -0.3 is 15.3 Å². The van der Waals surface area contributed by atoms with Crippen LogP contribution in [0.4, 0.5) is 5.82 Å². The molecule has 0 saturated heterocycles. The van der Waals surface area contributed by atoms with Crippen LogP contribution in [0.25, 0.3) is 0 Å². The normalized spacial score (nSPS) is 10.3. The number of nitrogens with zero attached hydrogens (tertiary/aromatic N) is 2. The summed E-state index contributed by atoms with van der Waals surface area (Å²) in [5.74, 6) is 0.694. The van der Waals surface area contributed by atoms with Crippen molar-refractivity contribution < 1.29 is 9.90 Å². The van der Waals surface area contributed by atoms with E-state index >= 15 is 0 Å². The van der Waals surface area contributed by atoms with Gasteiger partial charge in [-0.2, -0.15) is 0 Å². The average Bonchev–Trinajstić information content (AvgIpc) is 2.44. The fourth-order valence-electron chi connectivity index (χ4n) is 1.77. The van der Waals surface area contributed by atoms with Gasteiger partial charge in [0.15, 0.2) is 0 Å². The predicted molar refractivity (Wildman–Crippen MR) is 76.3 cm³/mol. The number of unbranched alkanes of at least 4 members (excludes halogenated alkanes) is 1. The van der Waals surface area contributed by atoms with E-state index in [0.717, 1.165) is 25.2 Å². The maximum absolute atomic E-state index is 12.3. The summed E-state index contributed by atoms with van der Waals surface area (Å²) >= 11 is 0. The summed E-state index contributed by atoms with van der Waals surface area (Å²) in [6.45, 7) is 5.90. The molecule has 0 radical (unpaired) electrons. The van der Waals surface area contributed by atoms with Crippen molar-refractivity contribution in [2.75, 3.05) is 31.6 Å². The summed E-state index contributed by atoms with van der Waals surface area (Å²) in [6.07, 6.45) is 3.54. The molecular formula is C14H23N3O2. The molecule has 0 saturated carbocycles. The standard InChI is InChI=1S/C14H23N3O2/c1-3-5-8-17(9-10-18)14(19)12-6-7-13(15-4-2)16-11-12/h6-7,11,18H,3-5,8-10H2,1-2H3,(H,15,16). The number of rotatable bonds is 8. The van der Waals surface area contributed by atoms with Crippen LogP contribution in [0.5, 0.6) is 0 Å². The van der Waals surface area contributed by atoms with Crippen molar-refractivity contribution in [1.82, 2.24) is 9.88 Å². The van der Waals surface area contributed by atoms with Crippen molar-refractivity contribution in [3.8, 4) is 0 Å². The van der Waals surface area contributed by atoms with E-state index in [1.807, 2.05) is 6.92 Å². The number of carbonyl (C=O) groups excluding carboxylic acids is 1. The fraction of sp³-hybridized carbons (Fsp3) is 0.571. The fourth-order valence-corrected chi connectivity index (χ4v) is 1.77. The molecule has 5 nitrogen and oxygen atoms in total. The van der Waals surface area contributed by atoms with Gasteiger partial charge in [0.25, 0.3) is 5.91 Å². The van der Waals surface area contributed by atoms with E-state index in [1.54, 1.807) is 23.2 Å². The third-order valence-corrected chi connectivity index (χ3v) is 2.81. The summed E-state index contributed by atoms with van der Waals surface area (Å²) in [4.78, 5) is 18.1. The van der Waals surface area contributed by atoms with Crippen LogP contribution in [0.15, 0.2) is 18.3 Å². The molecule has 1 rings (SSSR count). The first kappa shape index (κ1) is 15.4. The highest BCUT2D eigenvalue weighted by atomic mass is 16.3. The van der Waals surface area contributed by atoms with E-state index in [1.165, 1.54) is 0 Å². The van der Waals surface area contributed by atoms with Gasteiger partial charge in [-0.1, -0.05) is 13.3 Å². The lowest BCUT2D eigenvalue weighted by Gasteiger charge is -2.21. The first-order valence-corrected chi connectivity index (χ1v) is 6.83. The maximum Gasteiger partial charge on any atom is 0.255 e. The van der Waals surface area contributed by atoms with E-state index in [2.05, 4.69) is 17.2 Å². The van der Waals surface area contributed by atoms with Crippen molar-refractivity contribution in [1.29, 1.82) is 0 Å². The molecule has 1 amide bonds. The Bertz CT molecular complexity index is 379. The Labute approximate surface area is 114 Å². The molecule has 0 unspecified atom stereocenters. The molecule has 5 heteroatoms. The molecule has 0 aliphatic carbocycles. The van der Waals surface area contributed by atoms with Crippen molar-refractivity contribution in [2.24, 2.45) is 0 Å². The highest BCUT2D eigenvalue weighted by molar-refractivity contribution is 5.94. The topological polar surface area (TPSA) is 65.5 Å². The first-order valence-electron chi connectivity index (χ1n) is 6.83. The average molecular weight is 265 g/mol. The Morgan fingerprint density at radius 3 is 2.68 bits per heavy atom. The zero-order chi connectivity index (χ0) is 14.1. The van der Waals surface area contributed by atoms with Crippen molar-refractivity contribution in [2.45, 2.75) is 26.7 Å². The molecule has 1 heterocycles. The monoisotopic (exact) mass is 265 g/mol. The Morgan fingerprint density at radius 1 is 1.37 bits per heavy atom. The number of anilines is 1. The Morgan fingerprint density at radius 2 is 2.16 bits per heavy atom. The molecule has 0 atom stereocenters. The molecular weight excluding hydrogens is 242 g/mol. The van der Waals surface area contributed by atoms with Crippen LogP contribution in [-0.2, 0) is 0 Å². The Hall–Kier alpha value is -1.62. The Balaban J connectivity index is 2.71. The third kappa shape index (κ3) is 4.87. The van der Waals surface area contributed by atoms with Gasteiger partial charge in [0.2, 0.25) is 0 Å². The smallest absolute Gasteiger partial charge is 0.255 e. The highest BCUT2D eigenvalue weighted by Crippen LogP contribution is 2.08. The van der Waals surface area contributed by atoms with Crippen LogP contribution in [0.3, 0.4) is 0 Å². The van der Waals surface area contributed by atoms with E-state index in [4.69, 9.17) is 5.11 Å². The third-order valence-electron chi connectivity index (χ3n) is 2.81. The van der Waals surface area contributed by atoms with Crippen molar-refractivity contribution in [3.63, 3.8) is 0 Å². The van der Waals surface area contributed by atoms with Gasteiger partial charge in [-0.15, -0.1) is 0 Å². The zero-order valence-corrected chi connectivity index (χ0v) is 11.7. The summed E-state index contributed by atoms with van der Waals surface area (Å²) in [5.41, 5.74) is 0.561. The van der Waals surface area contributed by atoms with Crippen LogP contribution in [-0.4, -0.2) is 47.1 Å². The molecule has 0 fully saturated rings. The van der Waals surface area contributed by atoms with Crippen LogP contribution in [0.1, 0.15) is 37.0 Å². The molecule has 1 aromatic rings. The minimum atomic E-state index is -0.0713. The van der Waals surface area contributed by atoms with Crippen LogP contribution >= 0.6 is 0 Å². The second-order valence-electron chi connectivity index (χ2n) is 4.33. The second kappa shape index (κ2) is 8.48. The number of hydrogen-bond acceptors (Lipinski definition) is 4. The number of nitrogens with one attached hydrogen (secondary N) is 1. The van der Waals surface area contributed by atoms with Crippen molar-refractivity contribution >= 4 is 11.7 Å². The second-order valence-corrected chi connectivity index (χ2v) is 4.33. The molecule has 0 aliphatic rings. The Kier molecular flexibility index (Phi) is 6.89. The van der Waals surface area contributed by atoms with Gasteiger partial charge in [-0.05, 0) is 25.5 Å². The van der Waals surface area contributed by atoms with Crippen LogP contribution < -0.4 is 5.32 Å². The number of pyridine rings is 1. The lowest BCUT2D eigenvalue weighted by atomic mass is 10.2. The minimum absolute atomic E-state index is 0.0155. The van der Waals surface area contributed by atoms with E-state index < -0.39 is 0 Å². The van der Waals surface area contributed by atoms with E-state index in [-0.39, 0.29) is 12.5 Å². The van der Waals surface area contributed by atoms with Gasteiger partial charge >= 0.3 is 0 Å². The number of aliphatic hydroxyl groups excluding tert-OH is 1. The zero-order valence-electron chi connectivity index (χ0n) is 11.7. The van der Waals surface area contributed by atoms with Crippen LogP contribution in [0.2, 0.25) is 0 Å². The summed E-state index contributed by atoms with van der Waals surface area (Å²) in [6, 6.07) is 3.57. The van der Waals surface area contributed by atoms with Gasteiger partial charge in [0.05, 0.1) is 12.2 Å². The summed E-state index contributed by atoms with van der Waals surface area (Å²) in [7, 11) is 0. The molecule has 0 aliphatic heterocycles. The molecule has 19 heavy (non-hydrogen) atoms. The molecule has 106 valence electrons. The lowest BCUT2D eigenvalue weighted by molar-refractivity contribution is 0.0719. The number of aromatic nitrogens is 1. The highest BCUT2D eigenvalue weighted by Gasteiger charge is 2.14. The number of hydrogen-bond donors (Lipinski definition) is 2. The molecule has 2 N–H and O–H groups in total. The first-order chi connectivity index (χ1) is 9.22. The largest absolute Gasteiger partial charge is 0.395 e. The number of aliphatic hydroxyl groups is 1. The van der Waals surface area contributed by atoms with Gasteiger partial charge in [-0.3, -0.25) is 4.79 Å². The number of amides is 1. The quantitative estimate of drug-likeness (QED) is 0.751. The molecule has 0 bridgehead atoms. The van der Waals surface area contributed by atoms with Crippen molar-refractivity contribution in [3.05, 3.63) is 23.9 Å².